The van der Waals surface area contributed by atoms with Crippen molar-refractivity contribution in [2.75, 3.05) is 58.3 Å². The summed E-state index contributed by atoms with van der Waals surface area (Å²) in [5.41, 5.74) is 2.78. The molecule has 0 bridgehead atoms. The van der Waals surface area contributed by atoms with E-state index in [4.69, 9.17) is 19.4 Å². The monoisotopic (exact) mass is 535 g/mol. The Hall–Kier alpha value is -3.42. The maximum Gasteiger partial charge on any atom is 0.410 e. The maximum absolute atomic E-state index is 12.9. The van der Waals surface area contributed by atoms with Crippen LogP contribution in [0.1, 0.15) is 44.0 Å². The molecule has 2 aliphatic rings. The van der Waals surface area contributed by atoms with Crippen molar-refractivity contribution in [1.82, 2.24) is 24.7 Å². The minimum atomic E-state index is -0.596. The van der Waals surface area contributed by atoms with Crippen LogP contribution in [0.3, 0.4) is 0 Å². The van der Waals surface area contributed by atoms with Crippen LogP contribution in [0.4, 0.5) is 10.6 Å². The molecule has 4 rings (SSSR count). The van der Waals surface area contributed by atoms with Crippen molar-refractivity contribution in [3.05, 3.63) is 47.2 Å². The summed E-state index contributed by atoms with van der Waals surface area (Å²) in [6, 6.07) is 12.8. The van der Waals surface area contributed by atoms with Crippen molar-refractivity contribution >= 4 is 11.9 Å². The largest absolute Gasteiger partial charge is 0.462 e. The molecule has 39 heavy (non-hydrogen) atoms. The van der Waals surface area contributed by atoms with E-state index in [1.165, 1.54) is 5.56 Å². The van der Waals surface area contributed by atoms with E-state index in [1.54, 1.807) is 4.90 Å². The fraction of sp³-hybridized carbons (Fsp3) is 0.586. The standard InChI is InChI=1S/C29H41N7O3/c1-29(2,3)39-28(37)36-16-15-35(20-23(36)11-13-30)26-24-12-14-34(19-22-9-7-6-8-10-22)21-25(24)31-27(32-26)38-18-17-33(4)5/h6-10,23H,11-12,14-21H2,1-5H3/t23-/m0/s1. The summed E-state index contributed by atoms with van der Waals surface area (Å²) in [5.74, 6) is 0.853. The number of anilines is 1. The maximum atomic E-state index is 12.9. The molecule has 0 saturated carbocycles. The molecular formula is C29H41N7O3. The zero-order valence-electron chi connectivity index (χ0n) is 23.9. The van der Waals surface area contributed by atoms with Gasteiger partial charge in [0.05, 0.1) is 24.2 Å². The number of carbonyl (C=O) groups is 1. The van der Waals surface area contributed by atoms with E-state index in [9.17, 15) is 10.1 Å². The van der Waals surface area contributed by atoms with Crippen LogP contribution < -0.4 is 9.64 Å². The second-order valence-corrected chi connectivity index (χ2v) is 11.5. The number of fused-ring (bicyclic) bond motifs is 1. The zero-order chi connectivity index (χ0) is 28.0. The second kappa shape index (κ2) is 12.6. The summed E-state index contributed by atoms with van der Waals surface area (Å²) in [5, 5.41) is 9.53. The number of ether oxygens (including phenoxy) is 2. The molecular weight excluding hydrogens is 494 g/mol. The van der Waals surface area contributed by atoms with E-state index in [2.05, 4.69) is 45.0 Å². The molecule has 0 aliphatic carbocycles. The van der Waals surface area contributed by atoms with Gasteiger partial charge in [-0.25, -0.2) is 4.79 Å². The number of piperazine rings is 1. The molecule has 1 fully saturated rings. The molecule has 210 valence electrons. The van der Waals surface area contributed by atoms with Gasteiger partial charge in [-0.15, -0.1) is 0 Å². The van der Waals surface area contributed by atoms with Crippen molar-refractivity contribution in [2.45, 2.75) is 58.3 Å². The normalized spacial score (nSPS) is 18.0. The molecule has 1 aromatic carbocycles. The van der Waals surface area contributed by atoms with Crippen molar-refractivity contribution in [3.63, 3.8) is 0 Å². The van der Waals surface area contributed by atoms with E-state index >= 15 is 0 Å². The highest BCUT2D eigenvalue weighted by atomic mass is 16.6. The molecule has 1 amide bonds. The molecule has 2 aliphatic heterocycles. The Labute approximate surface area is 232 Å². The minimum absolute atomic E-state index is 0.222. The van der Waals surface area contributed by atoms with Crippen LogP contribution in [0.15, 0.2) is 30.3 Å². The van der Waals surface area contributed by atoms with Crippen molar-refractivity contribution in [2.24, 2.45) is 0 Å². The van der Waals surface area contributed by atoms with Gasteiger partial charge in [-0.05, 0) is 46.9 Å². The summed E-state index contributed by atoms with van der Waals surface area (Å²) >= 11 is 0. The number of hydrogen-bond acceptors (Lipinski definition) is 9. The van der Waals surface area contributed by atoms with Gasteiger partial charge in [0.25, 0.3) is 0 Å². The van der Waals surface area contributed by atoms with Gasteiger partial charge < -0.3 is 24.2 Å². The SMILES string of the molecule is CN(C)CCOc1nc2c(c(N3CCN(C(=O)OC(C)(C)C)[C@@H](CC#N)C3)n1)CCN(Cc1ccccc1)C2. The first-order chi connectivity index (χ1) is 18.6. The lowest BCUT2D eigenvalue weighted by Gasteiger charge is -2.42. The molecule has 0 unspecified atom stereocenters. The molecule has 0 radical (unpaired) electrons. The predicted molar refractivity (Wildman–Crippen MR) is 150 cm³/mol. The van der Waals surface area contributed by atoms with Crippen LogP contribution >= 0.6 is 0 Å². The van der Waals surface area contributed by atoms with Gasteiger partial charge in [0, 0.05) is 51.4 Å². The van der Waals surface area contributed by atoms with Gasteiger partial charge in [0.15, 0.2) is 0 Å². The second-order valence-electron chi connectivity index (χ2n) is 11.5. The number of likely N-dealkylation sites (N-methyl/N-ethyl adjacent to an activating group) is 1. The highest BCUT2D eigenvalue weighted by Crippen LogP contribution is 2.31. The van der Waals surface area contributed by atoms with E-state index in [0.29, 0.717) is 38.8 Å². The fourth-order valence-corrected chi connectivity index (χ4v) is 4.95. The Morgan fingerprint density at radius 1 is 1.15 bits per heavy atom. The molecule has 3 heterocycles. The van der Waals surface area contributed by atoms with Gasteiger partial charge in [0.2, 0.25) is 0 Å². The Morgan fingerprint density at radius 2 is 1.92 bits per heavy atom. The number of nitrogens with zero attached hydrogens (tertiary/aromatic N) is 7. The Morgan fingerprint density at radius 3 is 2.62 bits per heavy atom. The highest BCUT2D eigenvalue weighted by molar-refractivity contribution is 5.69. The first kappa shape index (κ1) is 28.6. The number of benzene rings is 1. The number of aromatic nitrogens is 2. The van der Waals surface area contributed by atoms with Crippen LogP contribution in [0.25, 0.3) is 0 Å². The molecule has 1 atom stereocenters. The number of amides is 1. The van der Waals surface area contributed by atoms with Crippen LogP contribution in [-0.2, 0) is 24.2 Å². The predicted octanol–water partition coefficient (Wildman–Crippen LogP) is 3.31. The van der Waals surface area contributed by atoms with Gasteiger partial charge in [0.1, 0.15) is 18.0 Å². The average Bonchev–Trinajstić information content (AvgIpc) is 2.87. The van der Waals surface area contributed by atoms with Crippen molar-refractivity contribution in [1.29, 1.82) is 5.26 Å². The van der Waals surface area contributed by atoms with Gasteiger partial charge >= 0.3 is 12.1 Å². The van der Waals surface area contributed by atoms with E-state index in [-0.39, 0.29) is 18.6 Å². The minimum Gasteiger partial charge on any atom is -0.462 e. The van der Waals surface area contributed by atoms with Gasteiger partial charge in [-0.2, -0.15) is 15.2 Å². The molecule has 10 nitrogen and oxygen atoms in total. The third kappa shape index (κ3) is 7.80. The summed E-state index contributed by atoms with van der Waals surface area (Å²) in [7, 11) is 4.01. The molecule has 0 spiro atoms. The first-order valence-corrected chi connectivity index (χ1v) is 13.7. The third-order valence-corrected chi connectivity index (χ3v) is 6.86. The third-order valence-electron chi connectivity index (χ3n) is 6.86. The molecule has 0 N–H and O–H groups in total. The summed E-state index contributed by atoms with van der Waals surface area (Å²) in [6.45, 7) is 10.8. The van der Waals surface area contributed by atoms with Gasteiger partial charge in [-0.3, -0.25) is 4.90 Å². The fourth-order valence-electron chi connectivity index (χ4n) is 4.95. The van der Waals surface area contributed by atoms with Crippen LogP contribution in [0.2, 0.25) is 0 Å². The zero-order valence-corrected chi connectivity index (χ0v) is 23.9. The highest BCUT2D eigenvalue weighted by Gasteiger charge is 2.35. The summed E-state index contributed by atoms with van der Waals surface area (Å²) in [6.07, 6.45) is 0.668. The number of carbonyl (C=O) groups excluding carboxylic acids is 1. The number of hydrogen-bond donors (Lipinski definition) is 0. The van der Waals surface area contributed by atoms with Crippen LogP contribution in [0, 0.1) is 11.3 Å². The van der Waals surface area contributed by atoms with E-state index in [0.717, 1.165) is 43.1 Å². The Balaban J connectivity index is 1.58. The molecule has 1 aromatic heterocycles. The lowest BCUT2D eigenvalue weighted by Crippen LogP contribution is -2.56. The lowest BCUT2D eigenvalue weighted by molar-refractivity contribution is 0.0144. The molecule has 1 saturated heterocycles. The number of rotatable bonds is 8. The summed E-state index contributed by atoms with van der Waals surface area (Å²) < 4.78 is 11.6. The topological polar surface area (TPSA) is 98.1 Å². The molecule has 10 heteroatoms. The van der Waals surface area contributed by atoms with Crippen molar-refractivity contribution < 1.29 is 14.3 Å². The molecule has 2 aromatic rings. The van der Waals surface area contributed by atoms with Crippen LogP contribution in [-0.4, -0.2) is 95.8 Å². The summed E-state index contributed by atoms with van der Waals surface area (Å²) in [4.78, 5) is 31.0. The van der Waals surface area contributed by atoms with E-state index < -0.39 is 5.60 Å². The number of nitriles is 1. The van der Waals surface area contributed by atoms with Gasteiger partial charge in [-0.1, -0.05) is 30.3 Å². The first-order valence-electron chi connectivity index (χ1n) is 13.7. The smallest absolute Gasteiger partial charge is 0.410 e. The Kier molecular flexibility index (Phi) is 9.25. The van der Waals surface area contributed by atoms with Crippen molar-refractivity contribution in [3.8, 4) is 12.1 Å². The lowest BCUT2D eigenvalue weighted by atomic mass is 10.0. The quantitative estimate of drug-likeness (QED) is 0.504. The van der Waals surface area contributed by atoms with Crippen LogP contribution in [0.5, 0.6) is 6.01 Å². The Bertz CT molecular complexity index is 1160. The van der Waals surface area contributed by atoms with E-state index in [1.807, 2.05) is 40.9 Å². The average molecular weight is 536 g/mol.